The van der Waals surface area contributed by atoms with Crippen LogP contribution in [0.4, 0.5) is 0 Å². The number of allylic oxidation sites excluding steroid dienone is 1. The molecule has 2 heterocycles. The number of hydrogen-bond acceptors (Lipinski definition) is 7. The highest BCUT2D eigenvalue weighted by Crippen LogP contribution is 2.49. The first-order valence-electron chi connectivity index (χ1n) is 13.3. The largest absolute Gasteiger partial charge is 0.497 e. The highest BCUT2D eigenvalue weighted by atomic mass is 16.5. The van der Waals surface area contributed by atoms with Gasteiger partial charge in [0.1, 0.15) is 17.2 Å². The maximum Gasteiger partial charge on any atom is 0.312 e. The van der Waals surface area contributed by atoms with Crippen molar-refractivity contribution in [2.24, 2.45) is 0 Å². The molecular weight excluding hydrogens is 520 g/mol. The molecule has 2 aliphatic rings. The lowest BCUT2D eigenvalue weighted by atomic mass is 9.84. The van der Waals surface area contributed by atoms with Gasteiger partial charge in [-0.05, 0) is 59.2 Å². The first-order chi connectivity index (χ1) is 20.0. The normalized spacial score (nSPS) is 16.4. The number of rotatable bonds is 8. The minimum atomic E-state index is -0.403. The van der Waals surface area contributed by atoms with Gasteiger partial charge in [0, 0.05) is 17.9 Å². The molecule has 0 saturated carbocycles. The van der Waals surface area contributed by atoms with Gasteiger partial charge >= 0.3 is 5.97 Å². The summed E-state index contributed by atoms with van der Waals surface area (Å²) in [6.45, 7) is 0.427. The van der Waals surface area contributed by atoms with Crippen molar-refractivity contribution in [3.63, 3.8) is 0 Å². The molecule has 0 bridgehead atoms. The van der Waals surface area contributed by atoms with Crippen molar-refractivity contribution in [1.29, 1.82) is 0 Å². The average Bonchev–Trinajstić information content (AvgIpc) is 3.32. The van der Waals surface area contributed by atoms with Gasteiger partial charge in [0.25, 0.3) is 0 Å². The third-order valence-corrected chi connectivity index (χ3v) is 7.27. The minimum Gasteiger partial charge on any atom is -0.497 e. The van der Waals surface area contributed by atoms with E-state index in [2.05, 4.69) is 0 Å². The van der Waals surface area contributed by atoms with E-state index in [1.54, 1.807) is 32.4 Å². The van der Waals surface area contributed by atoms with Crippen molar-refractivity contribution in [3.8, 4) is 28.7 Å². The van der Waals surface area contributed by atoms with Crippen LogP contribution in [-0.4, -0.2) is 32.6 Å². The van der Waals surface area contributed by atoms with Crippen LogP contribution in [0.25, 0.3) is 6.08 Å². The Morgan fingerprint density at radius 3 is 2.41 bits per heavy atom. The first kappa shape index (κ1) is 26.2. The van der Waals surface area contributed by atoms with Gasteiger partial charge in [-0.3, -0.25) is 9.59 Å². The summed E-state index contributed by atoms with van der Waals surface area (Å²) in [5.74, 6) is 2.02. The summed E-state index contributed by atoms with van der Waals surface area (Å²) in [6, 6.07) is 26.3. The molecule has 0 unspecified atom stereocenters. The molecule has 7 heteroatoms. The number of esters is 1. The quantitative estimate of drug-likeness (QED) is 0.144. The molecule has 4 aromatic rings. The molecule has 206 valence electrons. The number of hydrogen-bond donors (Lipinski definition) is 0. The Bertz CT molecular complexity index is 1640. The summed E-state index contributed by atoms with van der Waals surface area (Å²) in [5.41, 5.74) is 3.90. The smallest absolute Gasteiger partial charge is 0.312 e. The Labute approximate surface area is 237 Å². The van der Waals surface area contributed by atoms with Crippen molar-refractivity contribution in [3.05, 3.63) is 119 Å². The molecule has 0 amide bonds. The molecule has 0 aliphatic carbocycles. The minimum absolute atomic E-state index is 0.0936. The molecule has 0 fully saturated rings. The van der Waals surface area contributed by atoms with Crippen LogP contribution in [0.2, 0.25) is 0 Å². The number of carbonyl (C=O) groups is 2. The van der Waals surface area contributed by atoms with Gasteiger partial charge in [0.15, 0.2) is 17.3 Å². The molecule has 2 aliphatic heterocycles. The summed E-state index contributed by atoms with van der Waals surface area (Å²) in [6.07, 6.45) is 2.51. The predicted octanol–water partition coefficient (Wildman–Crippen LogP) is 6.38. The number of ketones is 1. The molecule has 0 saturated heterocycles. The molecule has 41 heavy (non-hydrogen) atoms. The molecule has 6 rings (SSSR count). The topological polar surface area (TPSA) is 80.3 Å². The van der Waals surface area contributed by atoms with Gasteiger partial charge in [-0.25, -0.2) is 0 Å². The molecule has 0 spiro atoms. The Balaban J connectivity index is 1.30. The Kier molecular flexibility index (Phi) is 7.17. The standard InChI is InChI=1S/C34H28O7/c1-37-24-11-8-21(9-12-24)16-17-39-29-19-23(10-14-27(29)38-2)26-20-31(35)40-28-15-13-25-33(36)30(41-34(25)32(26)28)18-22-6-4-3-5-7-22/h3-15,18-19,26H,16-17,20H2,1-2H3/b30-18-/t26-/m0/s1. The fourth-order valence-electron chi connectivity index (χ4n) is 5.19. The zero-order valence-corrected chi connectivity index (χ0v) is 22.7. The number of fused-ring (bicyclic) bond motifs is 3. The molecular formula is C34H28O7. The summed E-state index contributed by atoms with van der Waals surface area (Å²) in [4.78, 5) is 25.9. The van der Waals surface area contributed by atoms with E-state index in [-0.39, 0.29) is 23.9 Å². The monoisotopic (exact) mass is 548 g/mol. The molecule has 0 radical (unpaired) electrons. The third kappa shape index (κ3) is 5.26. The molecule has 0 aromatic heterocycles. The van der Waals surface area contributed by atoms with Gasteiger partial charge in [0.05, 0.1) is 32.8 Å². The zero-order chi connectivity index (χ0) is 28.3. The average molecular weight is 549 g/mol. The lowest BCUT2D eigenvalue weighted by Crippen LogP contribution is -2.21. The van der Waals surface area contributed by atoms with Gasteiger partial charge in [-0.2, -0.15) is 0 Å². The van der Waals surface area contributed by atoms with E-state index < -0.39 is 5.92 Å². The highest BCUT2D eigenvalue weighted by molar-refractivity contribution is 6.15. The zero-order valence-electron chi connectivity index (χ0n) is 22.7. The Morgan fingerprint density at radius 2 is 1.66 bits per heavy atom. The van der Waals surface area contributed by atoms with E-state index in [1.165, 1.54) is 0 Å². The van der Waals surface area contributed by atoms with Gasteiger partial charge in [-0.15, -0.1) is 0 Å². The third-order valence-electron chi connectivity index (χ3n) is 7.27. The lowest BCUT2D eigenvalue weighted by Gasteiger charge is -2.27. The maximum absolute atomic E-state index is 13.3. The van der Waals surface area contributed by atoms with Crippen molar-refractivity contribution in [1.82, 2.24) is 0 Å². The van der Waals surface area contributed by atoms with Crippen LogP contribution < -0.4 is 23.7 Å². The van der Waals surface area contributed by atoms with Crippen LogP contribution in [0, 0.1) is 0 Å². The SMILES string of the molecule is COc1ccc(CCOc2cc([C@@H]3CC(=O)Oc4ccc5c(c43)O/C(=C\c3ccccc3)C5=O)ccc2OC)cc1. The van der Waals surface area contributed by atoms with Crippen LogP contribution in [0.3, 0.4) is 0 Å². The van der Waals surface area contributed by atoms with E-state index >= 15 is 0 Å². The molecule has 0 N–H and O–H groups in total. The van der Waals surface area contributed by atoms with E-state index in [4.69, 9.17) is 23.7 Å². The van der Waals surface area contributed by atoms with E-state index in [0.29, 0.717) is 47.2 Å². The van der Waals surface area contributed by atoms with Crippen LogP contribution in [0.5, 0.6) is 28.7 Å². The number of Topliss-reactive ketones (excluding diaryl/α,β-unsaturated/α-hetero) is 1. The number of carbonyl (C=O) groups excluding carboxylic acids is 2. The lowest BCUT2D eigenvalue weighted by molar-refractivity contribution is -0.135. The fraction of sp³-hybridized carbons (Fsp3) is 0.176. The van der Waals surface area contributed by atoms with Crippen molar-refractivity contribution in [2.75, 3.05) is 20.8 Å². The van der Waals surface area contributed by atoms with Crippen molar-refractivity contribution in [2.45, 2.75) is 18.8 Å². The van der Waals surface area contributed by atoms with Gasteiger partial charge in [0.2, 0.25) is 5.78 Å². The Morgan fingerprint density at radius 1 is 0.854 bits per heavy atom. The van der Waals surface area contributed by atoms with Crippen molar-refractivity contribution >= 4 is 17.8 Å². The molecule has 1 atom stereocenters. The fourth-order valence-corrected chi connectivity index (χ4v) is 5.19. The number of ether oxygens (including phenoxy) is 5. The highest BCUT2D eigenvalue weighted by Gasteiger charge is 2.38. The van der Waals surface area contributed by atoms with Crippen LogP contribution in [0.1, 0.15) is 45.0 Å². The molecule has 4 aromatic carbocycles. The van der Waals surface area contributed by atoms with Crippen molar-refractivity contribution < 1.29 is 33.3 Å². The van der Waals surface area contributed by atoms with Crippen LogP contribution >= 0.6 is 0 Å². The second kappa shape index (κ2) is 11.2. The number of benzene rings is 4. The second-order valence-electron chi connectivity index (χ2n) is 9.79. The summed E-state index contributed by atoms with van der Waals surface area (Å²) < 4.78 is 28.7. The van der Waals surface area contributed by atoms with E-state index in [9.17, 15) is 9.59 Å². The predicted molar refractivity (Wildman–Crippen MR) is 153 cm³/mol. The van der Waals surface area contributed by atoms with Gasteiger partial charge in [-0.1, -0.05) is 48.5 Å². The molecule has 7 nitrogen and oxygen atoms in total. The second-order valence-corrected chi connectivity index (χ2v) is 9.79. The Hall–Kier alpha value is -5.04. The first-order valence-corrected chi connectivity index (χ1v) is 13.3. The van der Waals surface area contributed by atoms with Crippen LogP contribution in [-0.2, 0) is 11.2 Å². The van der Waals surface area contributed by atoms with Gasteiger partial charge < -0.3 is 23.7 Å². The van der Waals surface area contributed by atoms with E-state index in [0.717, 1.165) is 22.4 Å². The summed E-state index contributed by atoms with van der Waals surface area (Å²) in [7, 11) is 3.23. The van der Waals surface area contributed by atoms with E-state index in [1.807, 2.05) is 72.8 Å². The van der Waals surface area contributed by atoms with Crippen LogP contribution in [0.15, 0.2) is 90.7 Å². The maximum atomic E-state index is 13.3. The number of methoxy groups -OCH3 is 2. The summed E-state index contributed by atoms with van der Waals surface area (Å²) >= 11 is 0. The summed E-state index contributed by atoms with van der Waals surface area (Å²) in [5, 5.41) is 0.